The van der Waals surface area contributed by atoms with Gasteiger partial charge in [-0.2, -0.15) is 0 Å². The van der Waals surface area contributed by atoms with E-state index in [2.05, 4.69) is 4.72 Å². The van der Waals surface area contributed by atoms with Gasteiger partial charge in [-0.1, -0.05) is 36.4 Å². The molecule has 0 spiro atoms. The molecule has 8 heteroatoms. The topological polar surface area (TPSA) is 116 Å². The van der Waals surface area contributed by atoms with Gasteiger partial charge in [-0.25, -0.2) is 17.9 Å². The molecule has 2 aromatic rings. The number of nitrogens with two attached hydrogens (primary N) is 1. The van der Waals surface area contributed by atoms with E-state index in [0.717, 1.165) is 5.56 Å². The Morgan fingerprint density at radius 2 is 1.81 bits per heavy atom. The summed E-state index contributed by atoms with van der Waals surface area (Å²) in [4.78, 5) is 23.2. The Bertz CT molecular complexity index is 910. The molecule has 138 valence electrons. The molecule has 0 aliphatic carbocycles. The number of sulfonamides is 1. The lowest BCUT2D eigenvalue weighted by Gasteiger charge is -2.13. The molecular weight excluding hydrogens is 356 g/mol. The van der Waals surface area contributed by atoms with E-state index in [4.69, 9.17) is 10.5 Å². The number of benzene rings is 2. The van der Waals surface area contributed by atoms with E-state index in [1.54, 1.807) is 19.1 Å². The van der Waals surface area contributed by atoms with Crippen LogP contribution in [0.4, 0.5) is 0 Å². The third kappa shape index (κ3) is 4.90. The van der Waals surface area contributed by atoms with Gasteiger partial charge < -0.3 is 10.5 Å². The molecule has 26 heavy (non-hydrogen) atoms. The lowest BCUT2D eigenvalue weighted by atomic mass is 10.1. The zero-order valence-corrected chi connectivity index (χ0v) is 15.2. The summed E-state index contributed by atoms with van der Waals surface area (Å²) in [6.45, 7) is 3.10. The van der Waals surface area contributed by atoms with Crippen molar-refractivity contribution in [1.82, 2.24) is 4.72 Å². The highest BCUT2D eigenvalue weighted by Gasteiger charge is 2.21. The van der Waals surface area contributed by atoms with Crippen molar-refractivity contribution in [1.29, 1.82) is 0 Å². The molecule has 1 amide bonds. The van der Waals surface area contributed by atoms with E-state index < -0.39 is 28.0 Å². The molecule has 0 radical (unpaired) electrons. The van der Waals surface area contributed by atoms with Crippen LogP contribution in [0.1, 0.15) is 28.4 Å². The minimum atomic E-state index is -3.83. The van der Waals surface area contributed by atoms with Gasteiger partial charge in [0.25, 0.3) is 5.91 Å². The van der Waals surface area contributed by atoms with E-state index in [1.165, 1.54) is 25.1 Å². The van der Waals surface area contributed by atoms with Crippen molar-refractivity contribution >= 4 is 21.9 Å². The van der Waals surface area contributed by atoms with Crippen LogP contribution in [0.2, 0.25) is 0 Å². The zero-order valence-electron chi connectivity index (χ0n) is 14.4. The van der Waals surface area contributed by atoms with Gasteiger partial charge in [0.15, 0.2) is 6.10 Å². The maximum atomic E-state index is 12.5. The predicted octanol–water partition coefficient (Wildman–Crippen LogP) is 1.50. The van der Waals surface area contributed by atoms with Crippen LogP contribution in [-0.2, 0) is 26.1 Å². The Kier molecular flexibility index (Phi) is 6.12. The van der Waals surface area contributed by atoms with Crippen LogP contribution < -0.4 is 10.5 Å². The Labute approximate surface area is 152 Å². The second-order valence-corrected chi connectivity index (χ2v) is 7.50. The molecule has 1 atom stereocenters. The minimum Gasteiger partial charge on any atom is -0.449 e. The van der Waals surface area contributed by atoms with Crippen LogP contribution in [0.3, 0.4) is 0 Å². The number of hydrogen-bond acceptors (Lipinski definition) is 5. The first-order chi connectivity index (χ1) is 12.2. The van der Waals surface area contributed by atoms with Crippen LogP contribution >= 0.6 is 0 Å². The molecule has 0 aromatic heterocycles. The van der Waals surface area contributed by atoms with Crippen molar-refractivity contribution in [2.75, 3.05) is 0 Å². The molecule has 0 heterocycles. The average molecular weight is 376 g/mol. The van der Waals surface area contributed by atoms with Gasteiger partial charge in [0.1, 0.15) is 0 Å². The van der Waals surface area contributed by atoms with E-state index in [1.807, 2.05) is 18.2 Å². The van der Waals surface area contributed by atoms with Crippen LogP contribution in [0.15, 0.2) is 53.4 Å². The Balaban J connectivity index is 2.21. The molecule has 0 unspecified atom stereocenters. The Hall–Kier alpha value is -2.71. The SMILES string of the molecule is Cc1ccc(S(=O)(=O)NCc2ccccc2)cc1C(=O)O[C@H](C)C(N)=O. The average Bonchev–Trinajstić information content (AvgIpc) is 2.61. The van der Waals surface area contributed by atoms with E-state index in [0.29, 0.717) is 5.56 Å². The molecule has 0 bridgehead atoms. The molecule has 2 aromatic carbocycles. The molecule has 0 aliphatic heterocycles. The number of rotatable bonds is 7. The first-order valence-electron chi connectivity index (χ1n) is 7.85. The number of primary amides is 1. The van der Waals surface area contributed by atoms with E-state index in [-0.39, 0.29) is 17.0 Å². The van der Waals surface area contributed by atoms with Gasteiger partial charge >= 0.3 is 5.97 Å². The van der Waals surface area contributed by atoms with Crippen molar-refractivity contribution in [3.05, 3.63) is 65.2 Å². The molecular formula is C18H20N2O5S. The fourth-order valence-corrected chi connectivity index (χ4v) is 3.17. The fourth-order valence-electron chi connectivity index (χ4n) is 2.13. The molecule has 0 aliphatic rings. The molecule has 0 saturated carbocycles. The largest absolute Gasteiger partial charge is 0.449 e. The van der Waals surface area contributed by atoms with Crippen LogP contribution in [0.5, 0.6) is 0 Å². The fraction of sp³-hybridized carbons (Fsp3) is 0.222. The zero-order chi connectivity index (χ0) is 19.3. The van der Waals surface area contributed by atoms with E-state index in [9.17, 15) is 18.0 Å². The summed E-state index contributed by atoms with van der Waals surface area (Å²) in [7, 11) is -3.83. The van der Waals surface area contributed by atoms with Gasteiger partial charge in [-0.15, -0.1) is 0 Å². The number of hydrogen-bond donors (Lipinski definition) is 2. The van der Waals surface area contributed by atoms with Crippen molar-refractivity contribution in [2.45, 2.75) is 31.4 Å². The lowest BCUT2D eigenvalue weighted by molar-refractivity contribution is -0.125. The normalized spacial score (nSPS) is 12.4. The van der Waals surface area contributed by atoms with Gasteiger partial charge in [-0.05, 0) is 37.1 Å². The second kappa shape index (κ2) is 8.11. The highest BCUT2D eigenvalue weighted by atomic mass is 32.2. The predicted molar refractivity (Wildman–Crippen MR) is 95.7 cm³/mol. The number of aryl methyl sites for hydroxylation is 1. The summed E-state index contributed by atoms with van der Waals surface area (Å²) < 4.78 is 32.4. The summed E-state index contributed by atoms with van der Waals surface area (Å²) in [5.41, 5.74) is 6.45. The number of esters is 1. The van der Waals surface area contributed by atoms with Gasteiger partial charge in [0, 0.05) is 6.54 Å². The van der Waals surface area contributed by atoms with Gasteiger partial charge in [0.2, 0.25) is 10.0 Å². The highest BCUT2D eigenvalue weighted by Crippen LogP contribution is 2.17. The number of ether oxygens (including phenoxy) is 1. The maximum absolute atomic E-state index is 12.5. The quantitative estimate of drug-likeness (QED) is 0.711. The monoisotopic (exact) mass is 376 g/mol. The maximum Gasteiger partial charge on any atom is 0.339 e. The van der Waals surface area contributed by atoms with Crippen LogP contribution in [-0.4, -0.2) is 26.4 Å². The summed E-state index contributed by atoms with van der Waals surface area (Å²) in [5.74, 6) is -1.60. The Morgan fingerprint density at radius 3 is 2.42 bits per heavy atom. The molecule has 0 fully saturated rings. The lowest BCUT2D eigenvalue weighted by Crippen LogP contribution is -2.30. The van der Waals surface area contributed by atoms with E-state index >= 15 is 0 Å². The molecule has 3 N–H and O–H groups in total. The third-order valence-electron chi connectivity index (χ3n) is 3.73. The molecule has 2 rings (SSSR count). The van der Waals surface area contributed by atoms with Crippen molar-refractivity contribution in [3.63, 3.8) is 0 Å². The third-order valence-corrected chi connectivity index (χ3v) is 5.13. The first-order valence-corrected chi connectivity index (χ1v) is 9.33. The Morgan fingerprint density at radius 1 is 1.15 bits per heavy atom. The number of nitrogens with one attached hydrogen (secondary N) is 1. The molecule has 7 nitrogen and oxygen atoms in total. The summed E-state index contributed by atoms with van der Waals surface area (Å²) in [5, 5.41) is 0. The molecule has 0 saturated heterocycles. The summed E-state index contributed by atoms with van der Waals surface area (Å²) in [6, 6.07) is 13.2. The van der Waals surface area contributed by atoms with Crippen molar-refractivity contribution in [2.24, 2.45) is 5.73 Å². The smallest absolute Gasteiger partial charge is 0.339 e. The second-order valence-electron chi connectivity index (χ2n) is 5.74. The highest BCUT2D eigenvalue weighted by molar-refractivity contribution is 7.89. The van der Waals surface area contributed by atoms with Crippen molar-refractivity contribution in [3.8, 4) is 0 Å². The van der Waals surface area contributed by atoms with Gasteiger partial charge in [0.05, 0.1) is 10.5 Å². The summed E-state index contributed by atoms with van der Waals surface area (Å²) >= 11 is 0. The van der Waals surface area contributed by atoms with Crippen LogP contribution in [0.25, 0.3) is 0 Å². The summed E-state index contributed by atoms with van der Waals surface area (Å²) in [6.07, 6.45) is -1.11. The van der Waals surface area contributed by atoms with Crippen molar-refractivity contribution < 1.29 is 22.7 Å². The van der Waals surface area contributed by atoms with Crippen LogP contribution in [0, 0.1) is 6.92 Å². The minimum absolute atomic E-state index is 0.0562. The number of carbonyl (C=O) groups excluding carboxylic acids is 2. The number of carbonyl (C=O) groups is 2. The number of amides is 1. The first kappa shape index (κ1) is 19.6. The standard InChI is InChI=1S/C18H20N2O5S/c1-12-8-9-15(10-16(12)18(22)25-13(2)17(19)21)26(23,24)20-11-14-6-4-3-5-7-14/h3-10,13,20H,11H2,1-2H3,(H2,19,21)/t13-/m1/s1. The van der Waals surface area contributed by atoms with Gasteiger partial charge in [-0.3, -0.25) is 4.79 Å².